The second-order valence-electron chi connectivity index (χ2n) is 6.33. The Morgan fingerprint density at radius 1 is 1.00 bits per heavy atom. The molecule has 0 unspecified atom stereocenters. The van der Waals surface area contributed by atoms with Crippen LogP contribution in [0.1, 0.15) is 0 Å². The number of nitro benzene ring substituents is 1. The van der Waals surface area contributed by atoms with Crippen molar-refractivity contribution < 1.29 is 9.76 Å². The Morgan fingerprint density at radius 3 is 2.34 bits per heavy atom. The number of nitrogen functional groups attached to an aromatic ring is 1. The monoisotopic (exact) mass is 388 g/mol. The van der Waals surface area contributed by atoms with Gasteiger partial charge in [0.25, 0.3) is 5.69 Å². The summed E-state index contributed by atoms with van der Waals surface area (Å²) < 4.78 is 0. The molecular weight excluding hydrogens is 372 g/mol. The molecule has 0 fully saturated rings. The minimum absolute atomic E-state index is 0.0905. The Morgan fingerprint density at radius 2 is 1.66 bits per heavy atom. The van der Waals surface area contributed by atoms with E-state index in [1.54, 1.807) is 24.3 Å². The molecule has 0 aliphatic carbocycles. The van der Waals surface area contributed by atoms with Crippen molar-refractivity contribution in [3.05, 3.63) is 87.2 Å². The van der Waals surface area contributed by atoms with Crippen molar-refractivity contribution in [2.45, 2.75) is 0 Å². The van der Waals surface area contributed by atoms with Crippen molar-refractivity contribution in [2.24, 2.45) is 0 Å². The van der Waals surface area contributed by atoms with Crippen LogP contribution >= 0.6 is 0 Å². The van der Waals surface area contributed by atoms with E-state index in [0.29, 0.717) is 27.6 Å². The molecule has 0 aliphatic rings. The van der Waals surface area contributed by atoms with E-state index in [1.165, 1.54) is 19.2 Å². The van der Waals surface area contributed by atoms with Crippen LogP contribution in [0.15, 0.2) is 71.5 Å². The van der Waals surface area contributed by atoms with Gasteiger partial charge >= 0.3 is 5.56 Å². The average Bonchev–Trinajstić information content (AvgIpc) is 2.74. The molecule has 144 valence electrons. The van der Waals surface area contributed by atoms with Crippen molar-refractivity contribution in [2.75, 3.05) is 12.8 Å². The summed E-state index contributed by atoms with van der Waals surface area (Å²) in [7, 11) is 1.36. The molecule has 1 heterocycles. The lowest BCUT2D eigenvalue weighted by atomic mass is 9.95. The number of fused-ring (bicyclic) bond motifs is 1. The zero-order valence-electron chi connectivity index (χ0n) is 15.4. The molecule has 0 radical (unpaired) electrons. The van der Waals surface area contributed by atoms with E-state index in [-0.39, 0.29) is 16.9 Å². The first-order valence-electron chi connectivity index (χ1n) is 8.71. The maximum absolute atomic E-state index is 12.5. The van der Waals surface area contributed by atoms with Crippen LogP contribution in [0.4, 0.5) is 11.4 Å². The van der Waals surface area contributed by atoms with Gasteiger partial charge < -0.3 is 10.6 Å². The van der Waals surface area contributed by atoms with Gasteiger partial charge in [0.15, 0.2) is 0 Å². The Kier molecular flexibility index (Phi) is 4.44. The molecule has 0 aliphatic heterocycles. The van der Waals surface area contributed by atoms with Gasteiger partial charge in [-0.1, -0.05) is 53.4 Å². The number of anilines is 1. The average molecular weight is 388 g/mol. The smallest absolute Gasteiger partial charge is 0.310 e. The van der Waals surface area contributed by atoms with Crippen LogP contribution in [0.3, 0.4) is 0 Å². The minimum Gasteiger partial charge on any atom is -0.397 e. The van der Waals surface area contributed by atoms with E-state index in [2.05, 4.69) is 5.10 Å². The number of hydrogen-bond acceptors (Lipinski definition) is 6. The summed E-state index contributed by atoms with van der Waals surface area (Å²) >= 11 is 0. The van der Waals surface area contributed by atoms with Gasteiger partial charge in [-0.05, 0) is 23.3 Å². The number of aromatic nitrogens is 2. The zero-order chi connectivity index (χ0) is 20.5. The zero-order valence-corrected chi connectivity index (χ0v) is 15.4. The number of nitrogens with zero attached hydrogens (tertiary/aromatic N) is 3. The van der Waals surface area contributed by atoms with Crippen molar-refractivity contribution in [3.63, 3.8) is 0 Å². The van der Waals surface area contributed by atoms with Crippen LogP contribution in [0.5, 0.6) is 0 Å². The van der Waals surface area contributed by atoms with Gasteiger partial charge in [-0.3, -0.25) is 14.9 Å². The molecule has 0 saturated carbocycles. The largest absolute Gasteiger partial charge is 0.397 e. The van der Waals surface area contributed by atoms with E-state index in [9.17, 15) is 14.9 Å². The lowest BCUT2D eigenvalue weighted by Crippen LogP contribution is -2.28. The first kappa shape index (κ1) is 18.2. The highest BCUT2D eigenvalue weighted by Crippen LogP contribution is 2.36. The number of rotatable bonds is 4. The number of hydrogen-bond donors (Lipinski definition) is 1. The molecule has 0 saturated heterocycles. The second kappa shape index (κ2) is 7.08. The summed E-state index contributed by atoms with van der Waals surface area (Å²) in [6.07, 6.45) is 0. The molecule has 29 heavy (non-hydrogen) atoms. The fourth-order valence-corrected chi connectivity index (χ4v) is 3.30. The highest BCUT2D eigenvalue weighted by atomic mass is 16.7. The predicted molar refractivity (Wildman–Crippen MR) is 110 cm³/mol. The molecule has 0 amide bonds. The summed E-state index contributed by atoms with van der Waals surface area (Å²) in [5.41, 5.74) is 7.85. The van der Waals surface area contributed by atoms with Crippen molar-refractivity contribution >= 4 is 22.1 Å². The van der Waals surface area contributed by atoms with Gasteiger partial charge in [-0.25, -0.2) is 0 Å². The predicted octanol–water partition coefficient (Wildman–Crippen LogP) is 3.28. The Balaban J connectivity index is 2.03. The summed E-state index contributed by atoms with van der Waals surface area (Å²) in [6.45, 7) is 0. The lowest BCUT2D eigenvalue weighted by Gasteiger charge is -2.13. The Bertz CT molecular complexity index is 1310. The molecular formula is C21H16N4O4. The standard InChI is InChI=1S/C21H16N4O4/c1-29-24-21(26)17-9-5-4-8-16(17)20(23-24)15-7-3-2-6-14(15)13-10-11-18(22)19(12-13)25(27)28/h2-12H,22H2,1H3. The Labute approximate surface area is 164 Å². The van der Waals surface area contributed by atoms with Crippen LogP contribution < -0.4 is 16.1 Å². The van der Waals surface area contributed by atoms with Crippen molar-refractivity contribution in [1.82, 2.24) is 9.94 Å². The second-order valence-corrected chi connectivity index (χ2v) is 6.33. The van der Waals surface area contributed by atoms with Crippen molar-refractivity contribution in [1.29, 1.82) is 0 Å². The van der Waals surface area contributed by atoms with Gasteiger partial charge in [0.05, 0.1) is 10.3 Å². The number of nitro groups is 1. The third kappa shape index (κ3) is 3.06. The molecule has 0 atom stereocenters. The molecule has 3 aromatic carbocycles. The molecule has 4 rings (SSSR count). The van der Waals surface area contributed by atoms with Crippen LogP contribution in [0.25, 0.3) is 33.2 Å². The summed E-state index contributed by atoms with van der Waals surface area (Å²) in [5.74, 6) is 0. The fraction of sp³-hybridized carbons (Fsp3) is 0.0476. The highest BCUT2D eigenvalue weighted by molar-refractivity contribution is 5.98. The topological polar surface area (TPSA) is 113 Å². The molecule has 4 aromatic rings. The van der Waals surface area contributed by atoms with E-state index >= 15 is 0 Å². The SMILES string of the molecule is COn1nc(-c2ccccc2-c2ccc(N)c([N+](=O)[O-])c2)c2ccccc2c1=O. The van der Waals surface area contributed by atoms with Gasteiger partial charge in [0.1, 0.15) is 18.5 Å². The van der Waals surface area contributed by atoms with Crippen LogP contribution in [0.2, 0.25) is 0 Å². The Hall–Kier alpha value is -4.20. The van der Waals surface area contributed by atoms with E-state index in [0.717, 1.165) is 10.4 Å². The van der Waals surface area contributed by atoms with Gasteiger partial charge in [-0.15, -0.1) is 5.10 Å². The van der Waals surface area contributed by atoms with Crippen molar-refractivity contribution in [3.8, 4) is 22.4 Å². The normalized spacial score (nSPS) is 10.8. The van der Waals surface area contributed by atoms with Crippen LogP contribution in [-0.2, 0) is 0 Å². The fourth-order valence-electron chi connectivity index (χ4n) is 3.30. The maximum Gasteiger partial charge on any atom is 0.310 e. The third-order valence-electron chi connectivity index (χ3n) is 4.67. The van der Waals surface area contributed by atoms with Crippen LogP contribution in [0, 0.1) is 10.1 Å². The summed E-state index contributed by atoms with van der Waals surface area (Å²) in [6, 6.07) is 19.1. The summed E-state index contributed by atoms with van der Waals surface area (Å²) in [4.78, 5) is 29.4. The maximum atomic E-state index is 12.5. The van der Waals surface area contributed by atoms with E-state index < -0.39 is 4.92 Å². The molecule has 8 heteroatoms. The molecule has 1 aromatic heterocycles. The molecule has 0 spiro atoms. The first-order chi connectivity index (χ1) is 14.0. The number of benzene rings is 3. The van der Waals surface area contributed by atoms with E-state index in [4.69, 9.17) is 10.6 Å². The van der Waals surface area contributed by atoms with Crippen LogP contribution in [-0.4, -0.2) is 22.0 Å². The highest BCUT2D eigenvalue weighted by Gasteiger charge is 2.18. The quantitative estimate of drug-likeness (QED) is 0.326. The van der Waals surface area contributed by atoms with Gasteiger partial charge in [-0.2, -0.15) is 0 Å². The number of nitrogens with two attached hydrogens (primary N) is 1. The van der Waals surface area contributed by atoms with E-state index in [1.807, 2.05) is 30.3 Å². The molecule has 2 N–H and O–H groups in total. The first-order valence-corrected chi connectivity index (χ1v) is 8.71. The molecule has 8 nitrogen and oxygen atoms in total. The summed E-state index contributed by atoms with van der Waals surface area (Å²) in [5, 5.41) is 16.8. The van der Waals surface area contributed by atoms with Gasteiger partial charge in [0, 0.05) is 17.0 Å². The van der Waals surface area contributed by atoms with Gasteiger partial charge in [0.2, 0.25) is 0 Å². The third-order valence-corrected chi connectivity index (χ3v) is 4.67. The molecule has 0 bridgehead atoms. The minimum atomic E-state index is -0.514. The lowest BCUT2D eigenvalue weighted by molar-refractivity contribution is -0.383.